The molecule has 0 radical (unpaired) electrons. The Hall–Kier alpha value is -0.360. The Bertz CT molecular complexity index is 504. The van der Waals surface area contributed by atoms with E-state index in [0.717, 1.165) is 9.48 Å². The Morgan fingerprint density at radius 3 is 2.93 bits per heavy atom. The van der Waals surface area contributed by atoms with Crippen LogP contribution in [0.3, 0.4) is 0 Å². The van der Waals surface area contributed by atoms with Gasteiger partial charge in [-0.3, -0.25) is 0 Å². The predicted octanol–water partition coefficient (Wildman–Crippen LogP) is 2.86. The zero-order valence-electron chi connectivity index (χ0n) is 7.24. The molecule has 3 nitrogen and oxygen atoms in total. The fraction of sp³-hybridized carbons (Fsp3) is 0.333. The maximum absolute atomic E-state index is 6.04. The lowest BCUT2D eigenvalue weighted by Crippen LogP contribution is -1.96. The van der Waals surface area contributed by atoms with Crippen molar-refractivity contribution in [3.8, 4) is 0 Å². The Morgan fingerprint density at radius 1 is 1.43 bits per heavy atom. The Kier molecular flexibility index (Phi) is 1.95. The molecule has 1 aliphatic rings. The van der Waals surface area contributed by atoms with Gasteiger partial charge in [-0.15, -0.1) is 5.10 Å². The topological polar surface area (TPSA) is 30.2 Å². The van der Waals surface area contributed by atoms with Gasteiger partial charge in [0, 0.05) is 34.2 Å². The normalized spacial score (nSPS) is 16.4. The summed E-state index contributed by atoms with van der Waals surface area (Å²) in [5, 5.41) is 5.01. The lowest BCUT2D eigenvalue weighted by molar-refractivity contribution is 0.849. The number of halogens is 2. The first-order chi connectivity index (χ1) is 6.75. The molecule has 2 aromatic rings. The number of rotatable bonds is 1. The molecule has 0 N–H and O–H groups in total. The highest BCUT2D eigenvalue weighted by Crippen LogP contribution is 2.40. The van der Waals surface area contributed by atoms with E-state index in [0.29, 0.717) is 10.9 Å². The second-order valence-corrected chi connectivity index (χ2v) is 4.87. The molecular formula is C9H7ClIN3. The number of hydrogen-bond acceptors (Lipinski definition) is 2. The fourth-order valence-corrected chi connectivity index (χ4v) is 2.24. The molecule has 0 unspecified atom stereocenters. The maximum atomic E-state index is 6.04. The highest BCUT2D eigenvalue weighted by Gasteiger charge is 2.27. The van der Waals surface area contributed by atoms with E-state index in [-0.39, 0.29) is 0 Å². The van der Waals surface area contributed by atoms with Crippen molar-refractivity contribution in [3.05, 3.63) is 26.7 Å². The van der Waals surface area contributed by atoms with Gasteiger partial charge in [0.25, 0.3) is 0 Å². The first kappa shape index (κ1) is 8.91. The minimum Gasteiger partial charge on any atom is -0.215 e. The molecular weight excluding hydrogens is 312 g/mol. The van der Waals surface area contributed by atoms with E-state index in [9.17, 15) is 0 Å². The van der Waals surface area contributed by atoms with Crippen LogP contribution in [0.4, 0.5) is 0 Å². The van der Waals surface area contributed by atoms with Crippen molar-refractivity contribution in [1.29, 1.82) is 0 Å². The summed E-state index contributed by atoms with van der Waals surface area (Å²) < 4.78 is 2.62. The SMILES string of the molecule is Clc1ccc(C2CC2)n2nc(I)nc12. The standard InChI is InChI=1S/C9H7ClIN3/c10-6-3-4-7(5-1-2-5)14-8(6)12-9(11)13-14/h3-5H,1-2H2. The molecule has 0 aliphatic heterocycles. The van der Waals surface area contributed by atoms with Gasteiger partial charge in [0.15, 0.2) is 5.65 Å². The van der Waals surface area contributed by atoms with Gasteiger partial charge in [-0.05, 0) is 25.0 Å². The molecule has 1 aliphatic carbocycles. The van der Waals surface area contributed by atoms with Gasteiger partial charge in [0.2, 0.25) is 3.83 Å². The van der Waals surface area contributed by atoms with Crippen LogP contribution < -0.4 is 0 Å². The molecule has 0 aromatic carbocycles. The van der Waals surface area contributed by atoms with Gasteiger partial charge in [-0.1, -0.05) is 11.6 Å². The second-order valence-electron chi connectivity index (χ2n) is 3.50. The molecule has 0 saturated heterocycles. The number of hydrogen-bond donors (Lipinski definition) is 0. The second kappa shape index (κ2) is 3.06. The van der Waals surface area contributed by atoms with Gasteiger partial charge in [-0.2, -0.15) is 0 Å². The van der Waals surface area contributed by atoms with Crippen molar-refractivity contribution < 1.29 is 0 Å². The lowest BCUT2D eigenvalue weighted by Gasteiger charge is -2.01. The summed E-state index contributed by atoms with van der Waals surface area (Å²) in [6.45, 7) is 0. The van der Waals surface area contributed by atoms with E-state index in [1.165, 1.54) is 18.5 Å². The minimum absolute atomic E-state index is 0.660. The van der Waals surface area contributed by atoms with Crippen LogP contribution in [0.15, 0.2) is 12.1 Å². The van der Waals surface area contributed by atoms with Gasteiger partial charge in [-0.25, -0.2) is 9.50 Å². The van der Waals surface area contributed by atoms with Gasteiger partial charge < -0.3 is 0 Å². The highest BCUT2D eigenvalue weighted by atomic mass is 127. The smallest absolute Gasteiger partial charge is 0.212 e. The summed E-state index contributed by atoms with van der Waals surface area (Å²) in [6.07, 6.45) is 2.51. The average molecular weight is 320 g/mol. The number of aromatic nitrogens is 3. The molecule has 0 amide bonds. The van der Waals surface area contributed by atoms with Crippen LogP contribution in [0.2, 0.25) is 5.02 Å². The van der Waals surface area contributed by atoms with E-state index in [1.807, 2.05) is 10.6 Å². The largest absolute Gasteiger partial charge is 0.215 e. The van der Waals surface area contributed by atoms with Gasteiger partial charge in [0.05, 0.1) is 5.02 Å². The van der Waals surface area contributed by atoms with E-state index < -0.39 is 0 Å². The number of pyridine rings is 1. The molecule has 3 rings (SSSR count). The number of fused-ring (bicyclic) bond motifs is 1. The number of nitrogens with zero attached hydrogens (tertiary/aromatic N) is 3. The van der Waals surface area contributed by atoms with Crippen molar-refractivity contribution in [2.45, 2.75) is 18.8 Å². The Labute approximate surface area is 99.6 Å². The molecule has 14 heavy (non-hydrogen) atoms. The third-order valence-electron chi connectivity index (χ3n) is 2.44. The molecule has 0 bridgehead atoms. The first-order valence-corrected chi connectivity index (χ1v) is 5.92. The summed E-state index contributed by atoms with van der Waals surface area (Å²) in [7, 11) is 0. The van der Waals surface area contributed by atoms with Crippen LogP contribution in [0.1, 0.15) is 24.5 Å². The zero-order valence-corrected chi connectivity index (χ0v) is 10.2. The summed E-state index contributed by atoms with van der Waals surface area (Å²) >= 11 is 8.15. The van der Waals surface area contributed by atoms with Crippen molar-refractivity contribution in [2.24, 2.45) is 0 Å². The van der Waals surface area contributed by atoms with E-state index in [1.54, 1.807) is 0 Å². The summed E-state index contributed by atoms with van der Waals surface area (Å²) in [5.74, 6) is 0.660. The average Bonchev–Trinajstić information content (AvgIpc) is 2.89. The van der Waals surface area contributed by atoms with E-state index in [4.69, 9.17) is 11.6 Å². The van der Waals surface area contributed by atoms with Crippen LogP contribution in [0.5, 0.6) is 0 Å². The summed E-state index contributed by atoms with van der Waals surface area (Å²) in [5.41, 5.74) is 2.01. The van der Waals surface area contributed by atoms with Crippen LogP contribution in [-0.4, -0.2) is 14.6 Å². The third-order valence-corrected chi connectivity index (χ3v) is 3.19. The Balaban J connectivity index is 2.34. The van der Waals surface area contributed by atoms with E-state index >= 15 is 0 Å². The van der Waals surface area contributed by atoms with Crippen LogP contribution in [0, 0.1) is 3.83 Å². The molecule has 2 heterocycles. The van der Waals surface area contributed by atoms with Crippen LogP contribution in [0.25, 0.3) is 5.65 Å². The lowest BCUT2D eigenvalue weighted by atomic mass is 10.2. The van der Waals surface area contributed by atoms with Crippen molar-refractivity contribution >= 4 is 39.8 Å². The van der Waals surface area contributed by atoms with Crippen LogP contribution >= 0.6 is 34.2 Å². The third kappa shape index (κ3) is 1.32. The maximum Gasteiger partial charge on any atom is 0.212 e. The summed E-state index contributed by atoms with van der Waals surface area (Å²) in [6, 6.07) is 3.97. The van der Waals surface area contributed by atoms with Gasteiger partial charge in [0.1, 0.15) is 0 Å². The fourth-order valence-electron chi connectivity index (χ4n) is 1.61. The van der Waals surface area contributed by atoms with Crippen molar-refractivity contribution in [3.63, 3.8) is 0 Å². The molecule has 0 spiro atoms. The Morgan fingerprint density at radius 2 is 2.21 bits per heavy atom. The van der Waals surface area contributed by atoms with Gasteiger partial charge >= 0.3 is 0 Å². The molecule has 1 fully saturated rings. The quantitative estimate of drug-likeness (QED) is 0.757. The molecule has 0 atom stereocenters. The molecule has 5 heteroatoms. The highest BCUT2D eigenvalue weighted by molar-refractivity contribution is 14.1. The zero-order chi connectivity index (χ0) is 9.71. The van der Waals surface area contributed by atoms with Crippen LogP contribution in [-0.2, 0) is 0 Å². The van der Waals surface area contributed by atoms with Crippen molar-refractivity contribution in [1.82, 2.24) is 14.6 Å². The molecule has 1 saturated carbocycles. The van der Waals surface area contributed by atoms with Crippen molar-refractivity contribution in [2.75, 3.05) is 0 Å². The van der Waals surface area contributed by atoms with E-state index in [2.05, 4.69) is 38.7 Å². The minimum atomic E-state index is 0.660. The molecule has 2 aromatic heterocycles. The summed E-state index contributed by atoms with van der Waals surface area (Å²) in [4.78, 5) is 4.29. The molecule has 72 valence electrons. The monoisotopic (exact) mass is 319 g/mol. The predicted molar refractivity (Wildman–Crippen MR) is 62.7 cm³/mol. The first-order valence-electron chi connectivity index (χ1n) is 4.46.